The van der Waals surface area contributed by atoms with E-state index in [1.165, 1.54) is 37.7 Å². The highest BCUT2D eigenvalue weighted by Gasteiger charge is 2.18. The highest BCUT2D eigenvalue weighted by molar-refractivity contribution is 7.99. The first-order valence-electron chi connectivity index (χ1n) is 8.53. The molecule has 1 atom stereocenters. The van der Waals surface area contributed by atoms with Gasteiger partial charge in [-0.1, -0.05) is 25.0 Å². The van der Waals surface area contributed by atoms with Gasteiger partial charge in [-0.2, -0.15) is 11.8 Å². The summed E-state index contributed by atoms with van der Waals surface area (Å²) in [6, 6.07) is 8.69. The number of hydrogen-bond donors (Lipinski definition) is 2. The first-order chi connectivity index (χ1) is 10.8. The number of hydrogen-bond acceptors (Lipinski definition) is 3. The zero-order valence-corrected chi connectivity index (χ0v) is 14.0. The summed E-state index contributed by atoms with van der Waals surface area (Å²) in [4.78, 5) is 12.1. The second kappa shape index (κ2) is 8.02. The van der Waals surface area contributed by atoms with E-state index < -0.39 is 0 Å². The Morgan fingerprint density at radius 1 is 1.23 bits per heavy atom. The van der Waals surface area contributed by atoms with Crippen molar-refractivity contribution < 1.29 is 4.79 Å². The molecule has 22 heavy (non-hydrogen) atoms. The first kappa shape index (κ1) is 15.9. The molecule has 1 heterocycles. The molecule has 3 rings (SSSR count). The van der Waals surface area contributed by atoms with Crippen LogP contribution in [0.2, 0.25) is 0 Å². The summed E-state index contributed by atoms with van der Waals surface area (Å²) < 4.78 is 0. The van der Waals surface area contributed by atoms with Crippen molar-refractivity contribution in [1.29, 1.82) is 0 Å². The fraction of sp³-hybridized carbons (Fsp3) is 0.611. The Bertz CT molecular complexity index is 494. The number of anilines is 1. The molecular weight excluding hydrogens is 292 g/mol. The molecule has 1 saturated heterocycles. The Balaban J connectivity index is 1.48. The quantitative estimate of drug-likeness (QED) is 0.834. The molecule has 0 bridgehead atoms. The van der Waals surface area contributed by atoms with Crippen LogP contribution in [0.15, 0.2) is 24.3 Å². The molecule has 1 aromatic carbocycles. The molecule has 2 fully saturated rings. The smallest absolute Gasteiger partial charge is 0.225 e. The first-order valence-corrected chi connectivity index (χ1v) is 9.58. The van der Waals surface area contributed by atoms with Gasteiger partial charge in [-0.25, -0.2) is 0 Å². The molecule has 2 aliphatic rings. The minimum Gasteiger partial charge on any atom is -0.326 e. The highest BCUT2D eigenvalue weighted by atomic mass is 32.2. The van der Waals surface area contributed by atoms with Gasteiger partial charge in [0.2, 0.25) is 5.91 Å². The Morgan fingerprint density at radius 3 is 2.86 bits per heavy atom. The molecule has 3 nitrogen and oxygen atoms in total. The van der Waals surface area contributed by atoms with Gasteiger partial charge in [-0.3, -0.25) is 4.79 Å². The summed E-state index contributed by atoms with van der Waals surface area (Å²) in [5.74, 6) is 1.18. The van der Waals surface area contributed by atoms with Gasteiger partial charge in [0.15, 0.2) is 0 Å². The van der Waals surface area contributed by atoms with Crippen molar-refractivity contribution in [1.82, 2.24) is 5.32 Å². The van der Waals surface area contributed by atoms with Crippen LogP contribution in [-0.4, -0.2) is 23.7 Å². The lowest BCUT2D eigenvalue weighted by Crippen LogP contribution is -2.27. The lowest BCUT2D eigenvalue weighted by molar-refractivity contribution is -0.116. The molecule has 2 N–H and O–H groups in total. The average Bonchev–Trinajstić information content (AvgIpc) is 3.18. The van der Waals surface area contributed by atoms with Crippen LogP contribution >= 0.6 is 11.8 Å². The molecule has 1 aliphatic heterocycles. The van der Waals surface area contributed by atoms with Crippen LogP contribution < -0.4 is 10.6 Å². The van der Waals surface area contributed by atoms with Gasteiger partial charge in [-0.15, -0.1) is 0 Å². The standard InChI is InChI=1S/C18H26N2OS/c21-18(12-15-7-4-10-19-15)20-16-6-3-5-14(11-16)13-22-17-8-1-2-9-17/h3,5-6,11,15,17,19H,1-2,4,7-10,12-13H2,(H,20,21). The zero-order chi connectivity index (χ0) is 15.2. The number of nitrogens with one attached hydrogen (secondary N) is 2. The SMILES string of the molecule is O=C(CC1CCCN1)Nc1cccc(CSC2CCCC2)c1. The van der Waals surface area contributed by atoms with Gasteiger partial charge in [0, 0.05) is 29.2 Å². The number of carbonyl (C=O) groups is 1. The maximum absolute atomic E-state index is 12.1. The summed E-state index contributed by atoms with van der Waals surface area (Å²) in [5, 5.41) is 7.26. The summed E-state index contributed by atoms with van der Waals surface area (Å²) >= 11 is 2.07. The molecule has 120 valence electrons. The molecular formula is C18H26N2OS. The molecule has 4 heteroatoms. The van der Waals surface area contributed by atoms with E-state index in [4.69, 9.17) is 0 Å². The second-order valence-electron chi connectivity index (χ2n) is 6.46. The molecule has 1 unspecified atom stereocenters. The molecule has 1 saturated carbocycles. The molecule has 0 spiro atoms. The van der Waals surface area contributed by atoms with Crippen molar-refractivity contribution in [2.75, 3.05) is 11.9 Å². The van der Waals surface area contributed by atoms with E-state index in [0.717, 1.165) is 29.7 Å². The van der Waals surface area contributed by atoms with E-state index in [-0.39, 0.29) is 5.91 Å². The monoisotopic (exact) mass is 318 g/mol. The maximum atomic E-state index is 12.1. The lowest BCUT2D eigenvalue weighted by atomic mass is 10.1. The van der Waals surface area contributed by atoms with E-state index >= 15 is 0 Å². The van der Waals surface area contributed by atoms with Gasteiger partial charge in [0.1, 0.15) is 0 Å². The minimum absolute atomic E-state index is 0.125. The van der Waals surface area contributed by atoms with Gasteiger partial charge < -0.3 is 10.6 Å². The van der Waals surface area contributed by atoms with E-state index in [2.05, 4.69) is 34.5 Å². The van der Waals surface area contributed by atoms with Gasteiger partial charge >= 0.3 is 0 Å². The third-order valence-corrected chi connectivity index (χ3v) is 6.04. The zero-order valence-electron chi connectivity index (χ0n) is 13.1. The molecule has 0 aromatic heterocycles. The van der Waals surface area contributed by atoms with E-state index in [1.54, 1.807) is 0 Å². The number of benzene rings is 1. The lowest BCUT2D eigenvalue weighted by Gasteiger charge is -2.12. The van der Waals surface area contributed by atoms with Crippen LogP contribution in [-0.2, 0) is 10.5 Å². The fourth-order valence-electron chi connectivity index (χ4n) is 3.37. The maximum Gasteiger partial charge on any atom is 0.225 e. The average molecular weight is 318 g/mol. The van der Waals surface area contributed by atoms with Crippen LogP contribution in [0.1, 0.15) is 50.5 Å². The minimum atomic E-state index is 0.125. The summed E-state index contributed by atoms with van der Waals surface area (Å²) in [6.07, 6.45) is 8.41. The van der Waals surface area contributed by atoms with Crippen molar-refractivity contribution in [2.45, 2.75) is 62.0 Å². The number of carbonyl (C=O) groups excluding carboxylic acids is 1. The number of rotatable bonds is 6. The summed E-state index contributed by atoms with van der Waals surface area (Å²) in [7, 11) is 0. The molecule has 1 aliphatic carbocycles. The second-order valence-corrected chi connectivity index (χ2v) is 7.75. The van der Waals surface area contributed by atoms with E-state index in [0.29, 0.717) is 12.5 Å². The summed E-state index contributed by atoms with van der Waals surface area (Å²) in [6.45, 7) is 1.05. The third kappa shape index (κ3) is 4.75. The van der Waals surface area contributed by atoms with Crippen molar-refractivity contribution in [3.8, 4) is 0 Å². The van der Waals surface area contributed by atoms with E-state index in [9.17, 15) is 4.79 Å². The van der Waals surface area contributed by atoms with Crippen molar-refractivity contribution in [3.63, 3.8) is 0 Å². The van der Waals surface area contributed by atoms with Crippen molar-refractivity contribution in [2.24, 2.45) is 0 Å². The highest BCUT2D eigenvalue weighted by Crippen LogP contribution is 2.31. The Kier molecular flexibility index (Phi) is 5.79. The largest absolute Gasteiger partial charge is 0.326 e. The van der Waals surface area contributed by atoms with Crippen LogP contribution in [0.3, 0.4) is 0 Å². The van der Waals surface area contributed by atoms with Crippen molar-refractivity contribution >= 4 is 23.4 Å². The normalized spacial score (nSPS) is 22.1. The Morgan fingerprint density at radius 2 is 2.09 bits per heavy atom. The van der Waals surface area contributed by atoms with Crippen LogP contribution in [0, 0.1) is 0 Å². The topological polar surface area (TPSA) is 41.1 Å². The Labute approximate surface area is 137 Å². The number of amides is 1. The van der Waals surface area contributed by atoms with Gasteiger partial charge in [-0.05, 0) is 49.9 Å². The van der Waals surface area contributed by atoms with Gasteiger partial charge in [0.25, 0.3) is 0 Å². The Hall–Kier alpha value is -1.00. The van der Waals surface area contributed by atoms with Crippen LogP contribution in [0.5, 0.6) is 0 Å². The molecule has 1 amide bonds. The molecule has 1 aromatic rings. The predicted octanol–water partition coefficient (Wildman–Crippen LogP) is 3.94. The van der Waals surface area contributed by atoms with Crippen LogP contribution in [0.4, 0.5) is 5.69 Å². The van der Waals surface area contributed by atoms with E-state index in [1.807, 2.05) is 12.1 Å². The van der Waals surface area contributed by atoms with Gasteiger partial charge in [0.05, 0.1) is 0 Å². The van der Waals surface area contributed by atoms with Crippen molar-refractivity contribution in [3.05, 3.63) is 29.8 Å². The number of thioether (sulfide) groups is 1. The van der Waals surface area contributed by atoms with Crippen LogP contribution in [0.25, 0.3) is 0 Å². The predicted molar refractivity (Wildman–Crippen MR) is 94.3 cm³/mol. The molecule has 0 radical (unpaired) electrons. The third-order valence-electron chi connectivity index (χ3n) is 4.59. The fourth-order valence-corrected chi connectivity index (χ4v) is 4.65. The summed E-state index contributed by atoms with van der Waals surface area (Å²) in [5.41, 5.74) is 2.25.